The van der Waals surface area contributed by atoms with E-state index in [1.165, 1.54) is 17.4 Å². The molecule has 2 aromatic carbocycles. The van der Waals surface area contributed by atoms with Gasteiger partial charge in [0, 0.05) is 46.9 Å². The van der Waals surface area contributed by atoms with Crippen molar-refractivity contribution >= 4 is 38.4 Å². The second-order valence-corrected chi connectivity index (χ2v) is 12.6. The number of thiophene rings is 1. The standard InChI is InChI=1S/C35H32F2N6O3S/c1-6-30(45)42-17-18(2)43-28(19(42)3)16-26(40-43)34-32(31-24(37)14-22(36)15-29(31)46-11-10-44)35-23(9-12-47-35)33(39-34)21-7-8-27-25(13-21)38-20(4)41(27)5/h6-9,12-16,18-19,44H,1,10-11,17H2,2-5H3. The lowest BCUT2D eigenvalue weighted by atomic mass is 9.96. The summed E-state index contributed by atoms with van der Waals surface area (Å²) in [7, 11) is 1.96. The molecule has 1 aliphatic rings. The molecule has 1 aliphatic heterocycles. The van der Waals surface area contributed by atoms with Gasteiger partial charge in [0.05, 0.1) is 46.7 Å². The Morgan fingerprint density at radius 2 is 1.94 bits per heavy atom. The largest absolute Gasteiger partial charge is 0.490 e. The SMILES string of the molecule is C=CC(=O)N1CC(C)n2nc(-c3nc(-c4ccc5c(c4)nc(C)n5C)c4ccsc4c3-c3c(F)cc(F)cc3OCCO)cc2C1C. The van der Waals surface area contributed by atoms with Gasteiger partial charge in [0.15, 0.2) is 0 Å². The summed E-state index contributed by atoms with van der Waals surface area (Å²) < 4.78 is 40.9. The Labute approximate surface area is 273 Å². The minimum atomic E-state index is -0.831. The molecule has 0 bridgehead atoms. The molecule has 0 aliphatic carbocycles. The van der Waals surface area contributed by atoms with Crippen molar-refractivity contribution in [2.24, 2.45) is 7.05 Å². The van der Waals surface area contributed by atoms with Crippen LogP contribution in [0.25, 0.3) is 54.9 Å². The summed E-state index contributed by atoms with van der Waals surface area (Å²) in [4.78, 5) is 24.4. The topological polar surface area (TPSA) is 98.3 Å². The Bertz CT molecular complexity index is 2220. The number of hydrogen-bond donors (Lipinski definition) is 1. The predicted molar refractivity (Wildman–Crippen MR) is 178 cm³/mol. The lowest BCUT2D eigenvalue weighted by Crippen LogP contribution is -2.42. The quantitative estimate of drug-likeness (QED) is 0.187. The Morgan fingerprint density at radius 1 is 1.13 bits per heavy atom. The van der Waals surface area contributed by atoms with Crippen LogP contribution in [0.15, 0.2) is 60.5 Å². The molecular weight excluding hydrogens is 622 g/mol. The number of ether oxygens (including phenoxy) is 1. The highest BCUT2D eigenvalue weighted by atomic mass is 32.1. The van der Waals surface area contributed by atoms with E-state index >= 15 is 4.39 Å². The molecule has 1 amide bonds. The number of amides is 1. The van der Waals surface area contributed by atoms with E-state index in [1.807, 2.05) is 72.8 Å². The summed E-state index contributed by atoms with van der Waals surface area (Å²) in [6, 6.07) is 11.2. The minimum absolute atomic E-state index is 0.0210. The maximum Gasteiger partial charge on any atom is 0.246 e. The number of hydrogen-bond acceptors (Lipinski definition) is 7. The van der Waals surface area contributed by atoms with Gasteiger partial charge in [-0.15, -0.1) is 11.3 Å². The van der Waals surface area contributed by atoms with Crippen molar-refractivity contribution in [3.8, 4) is 39.5 Å². The number of aliphatic hydroxyl groups excluding tert-OH is 1. The first kappa shape index (κ1) is 30.7. The van der Waals surface area contributed by atoms with Gasteiger partial charge < -0.3 is 19.3 Å². The number of rotatable bonds is 7. The number of carbonyl (C=O) groups excluding carboxylic acids is 1. The van der Waals surface area contributed by atoms with Gasteiger partial charge in [0.1, 0.15) is 41.2 Å². The molecule has 1 N–H and O–H groups in total. The molecule has 6 aromatic rings. The number of aryl methyl sites for hydroxylation is 2. The number of pyridine rings is 1. The summed E-state index contributed by atoms with van der Waals surface area (Å²) in [6.07, 6.45) is 1.30. The monoisotopic (exact) mass is 654 g/mol. The molecule has 0 spiro atoms. The van der Waals surface area contributed by atoms with Gasteiger partial charge in [-0.2, -0.15) is 5.10 Å². The van der Waals surface area contributed by atoms with E-state index in [2.05, 4.69) is 6.58 Å². The number of benzene rings is 2. The van der Waals surface area contributed by atoms with E-state index in [1.54, 1.807) is 4.90 Å². The second kappa shape index (κ2) is 11.7. The van der Waals surface area contributed by atoms with Gasteiger partial charge in [-0.3, -0.25) is 9.48 Å². The van der Waals surface area contributed by atoms with Gasteiger partial charge in [-0.05, 0) is 56.5 Å². The van der Waals surface area contributed by atoms with E-state index in [9.17, 15) is 14.3 Å². The number of aromatic nitrogens is 5. The van der Waals surface area contributed by atoms with Crippen molar-refractivity contribution in [2.75, 3.05) is 19.8 Å². The smallest absolute Gasteiger partial charge is 0.246 e. The molecule has 0 saturated heterocycles. The first-order chi connectivity index (χ1) is 22.6. The summed E-state index contributed by atoms with van der Waals surface area (Å²) in [5, 5.41) is 17.2. The highest BCUT2D eigenvalue weighted by molar-refractivity contribution is 7.18. The normalized spacial score (nSPS) is 16.2. The fourth-order valence-corrected chi connectivity index (χ4v) is 7.41. The summed E-state index contributed by atoms with van der Waals surface area (Å²) in [5.41, 5.74) is 5.30. The fraction of sp³-hybridized carbons (Fsp3) is 0.257. The molecule has 12 heteroatoms. The first-order valence-electron chi connectivity index (χ1n) is 15.2. The summed E-state index contributed by atoms with van der Waals surface area (Å²) in [6.45, 7) is 9.45. The molecule has 2 unspecified atom stereocenters. The van der Waals surface area contributed by atoms with Gasteiger partial charge in [-0.1, -0.05) is 12.6 Å². The number of fused-ring (bicyclic) bond motifs is 3. The van der Waals surface area contributed by atoms with Crippen LogP contribution in [0.2, 0.25) is 0 Å². The zero-order valence-electron chi connectivity index (χ0n) is 26.3. The predicted octanol–water partition coefficient (Wildman–Crippen LogP) is 6.99. The van der Waals surface area contributed by atoms with Crippen LogP contribution >= 0.6 is 11.3 Å². The maximum absolute atomic E-state index is 16.0. The van der Waals surface area contributed by atoms with Crippen LogP contribution in [-0.4, -0.2) is 60.0 Å². The molecule has 47 heavy (non-hydrogen) atoms. The Morgan fingerprint density at radius 3 is 2.70 bits per heavy atom. The van der Waals surface area contributed by atoms with Crippen molar-refractivity contribution in [2.45, 2.75) is 32.9 Å². The van der Waals surface area contributed by atoms with E-state index < -0.39 is 11.6 Å². The van der Waals surface area contributed by atoms with Crippen LogP contribution in [0, 0.1) is 18.6 Å². The second-order valence-electron chi connectivity index (χ2n) is 11.7. The number of aliphatic hydroxyl groups is 1. The Balaban J connectivity index is 1.53. The average molecular weight is 655 g/mol. The molecule has 0 radical (unpaired) electrons. The third-order valence-corrected chi connectivity index (χ3v) is 9.77. The molecule has 4 aromatic heterocycles. The molecule has 9 nitrogen and oxygen atoms in total. The van der Waals surface area contributed by atoms with E-state index in [-0.39, 0.29) is 42.5 Å². The van der Waals surface area contributed by atoms with Crippen LogP contribution in [-0.2, 0) is 11.8 Å². The average Bonchev–Trinajstić information content (AvgIpc) is 3.79. The Hall–Kier alpha value is -4.94. The molecule has 5 heterocycles. The Kier molecular flexibility index (Phi) is 7.64. The van der Waals surface area contributed by atoms with E-state index in [4.69, 9.17) is 19.8 Å². The van der Waals surface area contributed by atoms with Gasteiger partial charge in [-0.25, -0.2) is 18.7 Å². The van der Waals surface area contributed by atoms with Crippen LogP contribution in [0.1, 0.15) is 37.4 Å². The lowest BCUT2D eigenvalue weighted by Gasteiger charge is -2.36. The third kappa shape index (κ3) is 4.99. The fourth-order valence-electron chi connectivity index (χ4n) is 6.46. The molecule has 2 atom stereocenters. The third-order valence-electron chi connectivity index (χ3n) is 8.84. The molecule has 0 fully saturated rings. The number of carbonyl (C=O) groups is 1. The van der Waals surface area contributed by atoms with Gasteiger partial charge in [0.2, 0.25) is 5.91 Å². The molecule has 0 saturated carbocycles. The maximum atomic E-state index is 16.0. The number of nitrogens with zero attached hydrogens (tertiary/aromatic N) is 6. The van der Waals surface area contributed by atoms with E-state index in [0.717, 1.165) is 45.6 Å². The van der Waals surface area contributed by atoms with Crippen LogP contribution in [0.3, 0.4) is 0 Å². The molecule has 7 rings (SSSR count). The van der Waals surface area contributed by atoms with Crippen LogP contribution < -0.4 is 4.74 Å². The summed E-state index contributed by atoms with van der Waals surface area (Å²) >= 11 is 1.40. The summed E-state index contributed by atoms with van der Waals surface area (Å²) in [5.74, 6) is -1.000. The first-order valence-corrected chi connectivity index (χ1v) is 16.1. The van der Waals surface area contributed by atoms with Crippen molar-refractivity contribution in [1.82, 2.24) is 29.2 Å². The highest BCUT2D eigenvalue weighted by Gasteiger charge is 2.34. The highest BCUT2D eigenvalue weighted by Crippen LogP contribution is 2.48. The number of imidazole rings is 1. The zero-order valence-corrected chi connectivity index (χ0v) is 27.1. The zero-order chi connectivity index (χ0) is 33.1. The van der Waals surface area contributed by atoms with Gasteiger partial charge in [0.25, 0.3) is 0 Å². The van der Waals surface area contributed by atoms with Crippen molar-refractivity contribution in [1.29, 1.82) is 0 Å². The van der Waals surface area contributed by atoms with Crippen LogP contribution in [0.4, 0.5) is 8.78 Å². The minimum Gasteiger partial charge on any atom is -0.490 e. The van der Waals surface area contributed by atoms with Gasteiger partial charge >= 0.3 is 0 Å². The lowest BCUT2D eigenvalue weighted by molar-refractivity contribution is -0.129. The molecular formula is C35H32F2N6O3S. The van der Waals surface area contributed by atoms with Crippen LogP contribution in [0.5, 0.6) is 5.75 Å². The van der Waals surface area contributed by atoms with Crippen molar-refractivity contribution < 1.29 is 23.4 Å². The van der Waals surface area contributed by atoms with Crippen molar-refractivity contribution in [3.05, 3.63) is 83.7 Å². The van der Waals surface area contributed by atoms with Crippen molar-refractivity contribution in [3.63, 3.8) is 0 Å². The van der Waals surface area contributed by atoms with E-state index in [0.29, 0.717) is 33.9 Å². The number of halogens is 2. The molecule has 240 valence electrons.